The number of aryl methyl sites for hydroxylation is 1. The molecular weight excluding hydrogens is 274 g/mol. The first-order chi connectivity index (χ1) is 10.8. The number of benzene rings is 2. The Morgan fingerprint density at radius 3 is 2.55 bits per heavy atom. The average molecular weight is 291 g/mol. The highest BCUT2D eigenvalue weighted by Crippen LogP contribution is 2.13. The van der Waals surface area contributed by atoms with Gasteiger partial charge in [0.1, 0.15) is 5.82 Å². The van der Waals surface area contributed by atoms with Gasteiger partial charge in [0.25, 0.3) is 0 Å². The Balaban J connectivity index is 1.53. The van der Waals surface area contributed by atoms with Crippen molar-refractivity contribution in [1.82, 2.24) is 10.4 Å². The lowest BCUT2D eigenvalue weighted by Gasteiger charge is -2.08. The van der Waals surface area contributed by atoms with E-state index in [9.17, 15) is 4.79 Å². The van der Waals surface area contributed by atoms with Crippen LogP contribution in [0.5, 0.6) is 0 Å². The fraction of sp³-hybridized carbons (Fsp3) is 0.111. The van der Waals surface area contributed by atoms with Crippen LogP contribution in [0.2, 0.25) is 0 Å². The van der Waals surface area contributed by atoms with E-state index in [2.05, 4.69) is 15.8 Å². The van der Waals surface area contributed by atoms with E-state index in [4.69, 9.17) is 0 Å². The number of hydrazine groups is 1. The van der Waals surface area contributed by atoms with E-state index in [1.54, 1.807) is 0 Å². The van der Waals surface area contributed by atoms with E-state index >= 15 is 0 Å². The van der Waals surface area contributed by atoms with Gasteiger partial charge < -0.3 is 0 Å². The van der Waals surface area contributed by atoms with Gasteiger partial charge in [0, 0.05) is 11.8 Å². The van der Waals surface area contributed by atoms with Crippen LogP contribution >= 0.6 is 0 Å². The molecule has 1 aromatic heterocycles. The predicted molar refractivity (Wildman–Crippen MR) is 88.3 cm³/mol. The van der Waals surface area contributed by atoms with Crippen molar-refractivity contribution in [3.05, 3.63) is 72.3 Å². The monoisotopic (exact) mass is 291 g/mol. The van der Waals surface area contributed by atoms with Crippen LogP contribution < -0.4 is 10.9 Å². The molecule has 3 rings (SSSR count). The Hall–Kier alpha value is -2.88. The minimum atomic E-state index is -0.0567. The summed E-state index contributed by atoms with van der Waals surface area (Å²) < 4.78 is 0. The maximum atomic E-state index is 11.9. The number of nitrogens with one attached hydrogen (secondary N) is 2. The Morgan fingerprint density at radius 1 is 0.909 bits per heavy atom. The summed E-state index contributed by atoms with van der Waals surface area (Å²) in [5, 5.41) is 1.07. The number of anilines is 1. The molecule has 1 amide bonds. The summed E-state index contributed by atoms with van der Waals surface area (Å²) in [5.74, 6) is 0.575. The van der Waals surface area contributed by atoms with Gasteiger partial charge in [-0.1, -0.05) is 48.5 Å². The predicted octanol–water partition coefficient (Wildman–Crippen LogP) is 3.31. The zero-order valence-corrected chi connectivity index (χ0v) is 12.1. The molecule has 0 aliphatic heterocycles. The second-order valence-electron chi connectivity index (χ2n) is 5.05. The fourth-order valence-electron chi connectivity index (χ4n) is 2.23. The molecule has 0 fully saturated rings. The van der Waals surface area contributed by atoms with Crippen LogP contribution in [0.15, 0.2) is 66.7 Å². The Kier molecular flexibility index (Phi) is 4.30. The fourth-order valence-corrected chi connectivity index (χ4v) is 2.23. The molecule has 4 heteroatoms. The largest absolute Gasteiger partial charge is 0.282 e. The lowest BCUT2D eigenvalue weighted by atomic mass is 10.1. The third kappa shape index (κ3) is 3.61. The standard InChI is InChI=1S/C18H17N3O/c22-18(13-10-14-6-2-1-3-7-14)21-20-17-12-11-15-8-4-5-9-16(15)19-17/h1-9,11-12H,10,13H2,(H,19,20)(H,21,22). The third-order valence-corrected chi connectivity index (χ3v) is 3.41. The number of carbonyl (C=O) groups excluding carboxylic acids is 1. The summed E-state index contributed by atoms with van der Waals surface area (Å²) in [5.41, 5.74) is 7.59. The first-order valence-corrected chi connectivity index (χ1v) is 7.26. The minimum Gasteiger partial charge on any atom is -0.282 e. The number of aromatic nitrogens is 1. The summed E-state index contributed by atoms with van der Waals surface area (Å²) in [6, 6.07) is 21.6. The molecule has 3 aromatic rings. The summed E-state index contributed by atoms with van der Waals surface area (Å²) in [6.07, 6.45) is 1.16. The van der Waals surface area contributed by atoms with Crippen molar-refractivity contribution < 1.29 is 4.79 Å². The quantitative estimate of drug-likeness (QED) is 0.709. The third-order valence-electron chi connectivity index (χ3n) is 3.41. The normalized spacial score (nSPS) is 10.4. The lowest BCUT2D eigenvalue weighted by Crippen LogP contribution is -2.29. The summed E-state index contributed by atoms with van der Waals surface area (Å²) in [7, 11) is 0. The first kappa shape index (κ1) is 14.1. The highest BCUT2D eigenvalue weighted by atomic mass is 16.2. The topological polar surface area (TPSA) is 54.0 Å². The SMILES string of the molecule is O=C(CCc1ccccc1)NNc1ccc2ccccc2n1. The molecule has 0 aliphatic carbocycles. The number of pyridine rings is 1. The van der Waals surface area contributed by atoms with Crippen LogP contribution in [0, 0.1) is 0 Å². The van der Waals surface area contributed by atoms with E-state index in [-0.39, 0.29) is 5.91 Å². The van der Waals surface area contributed by atoms with Gasteiger partial charge >= 0.3 is 0 Å². The highest BCUT2D eigenvalue weighted by Gasteiger charge is 2.03. The summed E-state index contributed by atoms with van der Waals surface area (Å²) in [4.78, 5) is 16.3. The first-order valence-electron chi connectivity index (χ1n) is 7.26. The molecule has 22 heavy (non-hydrogen) atoms. The van der Waals surface area contributed by atoms with Gasteiger partial charge in [-0.3, -0.25) is 15.6 Å². The smallest absolute Gasteiger partial charge is 0.238 e. The van der Waals surface area contributed by atoms with E-state index < -0.39 is 0 Å². The van der Waals surface area contributed by atoms with Crippen LogP contribution in [0.1, 0.15) is 12.0 Å². The van der Waals surface area contributed by atoms with E-state index in [0.717, 1.165) is 22.9 Å². The van der Waals surface area contributed by atoms with E-state index in [1.165, 1.54) is 0 Å². The maximum absolute atomic E-state index is 11.9. The molecule has 0 saturated heterocycles. The van der Waals surface area contributed by atoms with Gasteiger partial charge in [0.2, 0.25) is 5.91 Å². The molecule has 0 saturated carbocycles. The molecule has 0 spiro atoms. The van der Waals surface area contributed by atoms with Gasteiger partial charge in [-0.2, -0.15) is 0 Å². The van der Waals surface area contributed by atoms with Gasteiger partial charge in [-0.15, -0.1) is 0 Å². The molecule has 0 bridgehead atoms. The van der Waals surface area contributed by atoms with Gasteiger partial charge in [-0.25, -0.2) is 4.98 Å². The molecule has 0 radical (unpaired) electrons. The van der Waals surface area contributed by atoms with Gasteiger partial charge in [0.15, 0.2) is 0 Å². The molecule has 2 N–H and O–H groups in total. The van der Waals surface area contributed by atoms with Gasteiger partial charge in [-0.05, 0) is 30.2 Å². The minimum absolute atomic E-state index is 0.0567. The molecule has 0 unspecified atom stereocenters. The van der Waals surface area contributed by atoms with Crippen LogP contribution in [0.4, 0.5) is 5.82 Å². The van der Waals surface area contributed by atoms with E-state index in [0.29, 0.717) is 12.2 Å². The van der Waals surface area contributed by atoms with Crippen LogP contribution in [-0.2, 0) is 11.2 Å². The van der Waals surface area contributed by atoms with Crippen molar-refractivity contribution >= 4 is 22.6 Å². The second-order valence-corrected chi connectivity index (χ2v) is 5.05. The van der Waals surface area contributed by atoms with Crippen LogP contribution in [-0.4, -0.2) is 10.9 Å². The average Bonchev–Trinajstić information content (AvgIpc) is 2.59. The van der Waals surface area contributed by atoms with Crippen molar-refractivity contribution in [2.75, 3.05) is 5.43 Å². The van der Waals surface area contributed by atoms with Crippen LogP contribution in [0.3, 0.4) is 0 Å². The zero-order valence-electron chi connectivity index (χ0n) is 12.1. The number of rotatable bonds is 5. The number of carbonyl (C=O) groups is 1. The number of hydrogen-bond donors (Lipinski definition) is 2. The summed E-state index contributed by atoms with van der Waals surface area (Å²) in [6.45, 7) is 0. The molecular formula is C18H17N3O. The van der Waals surface area contributed by atoms with Crippen molar-refractivity contribution in [3.63, 3.8) is 0 Å². The Bertz CT molecular complexity index is 771. The molecule has 0 aliphatic rings. The molecule has 0 atom stereocenters. The van der Waals surface area contributed by atoms with Crippen molar-refractivity contribution in [2.45, 2.75) is 12.8 Å². The van der Waals surface area contributed by atoms with E-state index in [1.807, 2.05) is 66.7 Å². The van der Waals surface area contributed by atoms with Crippen LogP contribution in [0.25, 0.3) is 10.9 Å². The number of para-hydroxylation sites is 1. The molecule has 1 heterocycles. The molecule has 110 valence electrons. The van der Waals surface area contributed by atoms with Crippen molar-refractivity contribution in [1.29, 1.82) is 0 Å². The van der Waals surface area contributed by atoms with Crippen molar-refractivity contribution in [3.8, 4) is 0 Å². The molecule has 4 nitrogen and oxygen atoms in total. The lowest BCUT2D eigenvalue weighted by molar-refractivity contribution is -0.120. The number of amides is 1. The molecule has 2 aromatic carbocycles. The number of fused-ring (bicyclic) bond motifs is 1. The Morgan fingerprint density at radius 2 is 1.68 bits per heavy atom. The van der Waals surface area contributed by atoms with Gasteiger partial charge in [0.05, 0.1) is 5.52 Å². The highest BCUT2D eigenvalue weighted by molar-refractivity contribution is 5.81. The Labute approximate surface area is 129 Å². The number of nitrogens with zero attached hydrogens (tertiary/aromatic N) is 1. The maximum Gasteiger partial charge on any atom is 0.238 e. The second kappa shape index (κ2) is 6.72. The van der Waals surface area contributed by atoms with Crippen molar-refractivity contribution in [2.24, 2.45) is 0 Å². The number of hydrogen-bond acceptors (Lipinski definition) is 3. The summed E-state index contributed by atoms with van der Waals surface area (Å²) >= 11 is 0. The zero-order chi connectivity index (χ0) is 15.2.